The summed E-state index contributed by atoms with van der Waals surface area (Å²) in [4.78, 5) is 15.8. The number of fused-ring (bicyclic) bond motifs is 1. The van der Waals surface area contributed by atoms with Gasteiger partial charge >= 0.3 is 0 Å². The summed E-state index contributed by atoms with van der Waals surface area (Å²) >= 11 is 0. The zero-order valence-electron chi connectivity index (χ0n) is 14.2. The van der Waals surface area contributed by atoms with E-state index in [1.165, 1.54) is 6.20 Å². The Morgan fingerprint density at radius 3 is 2.69 bits per heavy atom. The van der Waals surface area contributed by atoms with Crippen molar-refractivity contribution in [2.75, 3.05) is 12.8 Å². The molecule has 3 aromatic heterocycles. The maximum Gasteiger partial charge on any atom is 0.221 e. The van der Waals surface area contributed by atoms with Crippen LogP contribution in [0.3, 0.4) is 0 Å². The lowest BCUT2D eigenvalue weighted by Crippen LogP contribution is -1.98. The fourth-order valence-corrected chi connectivity index (χ4v) is 2.80. The second-order valence-corrected chi connectivity index (χ2v) is 5.92. The Balaban J connectivity index is 1.84. The second-order valence-electron chi connectivity index (χ2n) is 5.92. The molecular formula is C19H16FN5O. The van der Waals surface area contributed by atoms with Crippen molar-refractivity contribution in [3.05, 3.63) is 54.2 Å². The van der Waals surface area contributed by atoms with E-state index in [0.717, 1.165) is 16.8 Å². The first-order valence-electron chi connectivity index (χ1n) is 7.98. The van der Waals surface area contributed by atoms with Crippen LogP contribution in [-0.4, -0.2) is 27.0 Å². The molecule has 3 N–H and O–H groups in total. The molecule has 3 heterocycles. The number of hydrogen-bond donors (Lipinski definition) is 2. The molecule has 6 nitrogen and oxygen atoms in total. The third-order valence-electron chi connectivity index (χ3n) is 4.16. The Bertz CT molecular complexity index is 1120. The molecule has 0 fully saturated rings. The Labute approximate surface area is 148 Å². The van der Waals surface area contributed by atoms with Gasteiger partial charge in [0.25, 0.3) is 0 Å². The number of nitrogens with zero attached hydrogens (tertiary/aromatic N) is 3. The number of aryl methyl sites for hydroxylation is 1. The fourth-order valence-electron chi connectivity index (χ4n) is 2.80. The number of nitrogens with one attached hydrogen (secondary N) is 1. The molecule has 7 heteroatoms. The van der Waals surface area contributed by atoms with Gasteiger partial charge in [-0.1, -0.05) is 0 Å². The van der Waals surface area contributed by atoms with Gasteiger partial charge in [-0.3, -0.25) is 0 Å². The molecule has 0 saturated heterocycles. The van der Waals surface area contributed by atoms with Crippen LogP contribution < -0.4 is 10.5 Å². The lowest BCUT2D eigenvalue weighted by molar-refractivity contribution is 0.415. The number of nitrogen functional groups attached to an aromatic ring is 1. The molecule has 0 unspecified atom stereocenters. The zero-order chi connectivity index (χ0) is 18.3. The average molecular weight is 349 g/mol. The van der Waals surface area contributed by atoms with Crippen LogP contribution in [0.15, 0.2) is 42.6 Å². The Morgan fingerprint density at radius 1 is 1.08 bits per heavy atom. The normalized spacial score (nSPS) is 11.0. The number of H-pyrrole nitrogens is 1. The maximum atomic E-state index is 14.2. The topological polar surface area (TPSA) is 89.7 Å². The molecule has 130 valence electrons. The fraction of sp³-hybridized carbons (Fsp3) is 0.105. The second kappa shape index (κ2) is 6.11. The molecule has 0 bridgehead atoms. The summed E-state index contributed by atoms with van der Waals surface area (Å²) in [5.74, 6) is 1.04. The summed E-state index contributed by atoms with van der Waals surface area (Å²) in [6, 6.07) is 10.7. The van der Waals surface area contributed by atoms with Crippen molar-refractivity contribution in [1.82, 2.24) is 19.9 Å². The smallest absolute Gasteiger partial charge is 0.221 e. The number of methoxy groups -OCH3 is 1. The zero-order valence-corrected chi connectivity index (χ0v) is 14.2. The van der Waals surface area contributed by atoms with Crippen molar-refractivity contribution in [2.45, 2.75) is 6.92 Å². The van der Waals surface area contributed by atoms with Crippen molar-refractivity contribution in [1.29, 1.82) is 0 Å². The van der Waals surface area contributed by atoms with E-state index in [4.69, 9.17) is 10.5 Å². The van der Waals surface area contributed by atoms with Crippen molar-refractivity contribution < 1.29 is 9.13 Å². The molecular weight excluding hydrogens is 333 g/mol. The minimum absolute atomic E-state index is 0.306. The predicted octanol–water partition coefficient (Wildman–Crippen LogP) is 3.73. The van der Waals surface area contributed by atoms with Crippen LogP contribution >= 0.6 is 0 Å². The first-order chi connectivity index (χ1) is 12.5. The predicted molar refractivity (Wildman–Crippen MR) is 98.2 cm³/mol. The van der Waals surface area contributed by atoms with E-state index in [1.54, 1.807) is 32.2 Å². The molecule has 0 aliphatic heterocycles. The first-order valence-corrected chi connectivity index (χ1v) is 7.98. The number of halogens is 1. The van der Waals surface area contributed by atoms with E-state index < -0.39 is 5.95 Å². The standard InChI is InChI=1S/C19H16FN5O/c1-10-3-5-13(17(20)23-10)11-7-14(18(21)22-9-11)19-24-15-6-4-12(26-2)8-16(15)25-19/h3-9H,1-2H3,(H2,21,22)(H,24,25). The van der Waals surface area contributed by atoms with Crippen molar-refractivity contribution in [2.24, 2.45) is 0 Å². The molecule has 26 heavy (non-hydrogen) atoms. The summed E-state index contributed by atoms with van der Waals surface area (Å²) in [5.41, 5.74) is 9.77. The Kier molecular flexibility index (Phi) is 3.76. The number of benzene rings is 1. The SMILES string of the molecule is COc1ccc2nc(-c3cc(-c4ccc(C)nc4F)cnc3N)[nH]c2c1. The van der Waals surface area contributed by atoms with Crippen molar-refractivity contribution in [3.8, 4) is 28.3 Å². The molecule has 0 aliphatic rings. The van der Waals surface area contributed by atoms with Gasteiger partial charge in [-0.05, 0) is 37.3 Å². The highest BCUT2D eigenvalue weighted by atomic mass is 19.1. The Morgan fingerprint density at radius 2 is 1.92 bits per heavy atom. The van der Waals surface area contributed by atoms with Gasteiger partial charge in [0.2, 0.25) is 5.95 Å². The highest BCUT2D eigenvalue weighted by Gasteiger charge is 2.14. The summed E-state index contributed by atoms with van der Waals surface area (Å²) < 4.78 is 19.4. The Hall–Kier alpha value is -3.48. The van der Waals surface area contributed by atoms with Gasteiger partial charge in [-0.25, -0.2) is 15.0 Å². The molecule has 0 amide bonds. The third-order valence-corrected chi connectivity index (χ3v) is 4.16. The molecule has 0 spiro atoms. The van der Waals surface area contributed by atoms with Gasteiger partial charge in [-0.15, -0.1) is 0 Å². The van der Waals surface area contributed by atoms with Crippen molar-refractivity contribution >= 4 is 16.9 Å². The first kappa shape index (κ1) is 16.0. The van der Waals surface area contributed by atoms with Crippen LogP contribution in [0.1, 0.15) is 5.69 Å². The molecule has 1 aromatic carbocycles. The van der Waals surface area contributed by atoms with E-state index in [9.17, 15) is 4.39 Å². The number of pyridine rings is 2. The lowest BCUT2D eigenvalue weighted by Gasteiger charge is -2.07. The summed E-state index contributed by atoms with van der Waals surface area (Å²) in [6.45, 7) is 1.74. The number of aromatic amines is 1. The van der Waals surface area contributed by atoms with E-state index in [2.05, 4.69) is 19.9 Å². The van der Waals surface area contributed by atoms with Gasteiger partial charge in [-0.2, -0.15) is 4.39 Å². The molecule has 0 saturated carbocycles. The highest BCUT2D eigenvalue weighted by Crippen LogP contribution is 2.31. The third kappa shape index (κ3) is 2.73. The van der Waals surface area contributed by atoms with Gasteiger partial charge in [0.15, 0.2) is 0 Å². The van der Waals surface area contributed by atoms with E-state index in [1.807, 2.05) is 18.2 Å². The van der Waals surface area contributed by atoms with Crippen LogP contribution in [0, 0.1) is 12.9 Å². The maximum absolute atomic E-state index is 14.2. The van der Waals surface area contributed by atoms with Gasteiger partial charge in [0, 0.05) is 29.1 Å². The number of aromatic nitrogens is 4. The van der Waals surface area contributed by atoms with Crippen LogP contribution in [0.5, 0.6) is 5.75 Å². The number of anilines is 1. The summed E-state index contributed by atoms with van der Waals surface area (Å²) in [7, 11) is 1.61. The van der Waals surface area contributed by atoms with Gasteiger partial charge in [0.05, 0.1) is 23.7 Å². The number of rotatable bonds is 3. The summed E-state index contributed by atoms with van der Waals surface area (Å²) in [6.07, 6.45) is 1.53. The quantitative estimate of drug-likeness (QED) is 0.550. The number of ether oxygens (including phenoxy) is 1. The lowest BCUT2D eigenvalue weighted by atomic mass is 10.1. The van der Waals surface area contributed by atoms with Gasteiger partial charge < -0.3 is 15.5 Å². The molecule has 0 radical (unpaired) electrons. The van der Waals surface area contributed by atoms with Crippen molar-refractivity contribution in [3.63, 3.8) is 0 Å². The van der Waals surface area contributed by atoms with Crippen LogP contribution in [0.4, 0.5) is 10.2 Å². The largest absolute Gasteiger partial charge is 0.497 e. The van der Waals surface area contributed by atoms with Crippen LogP contribution in [0.2, 0.25) is 0 Å². The monoisotopic (exact) mass is 349 g/mol. The van der Waals surface area contributed by atoms with E-state index in [0.29, 0.717) is 34.0 Å². The minimum Gasteiger partial charge on any atom is -0.497 e. The molecule has 4 aromatic rings. The highest BCUT2D eigenvalue weighted by molar-refractivity contribution is 5.84. The average Bonchev–Trinajstić information content (AvgIpc) is 3.05. The molecule has 4 rings (SSSR count). The van der Waals surface area contributed by atoms with E-state index >= 15 is 0 Å². The summed E-state index contributed by atoms with van der Waals surface area (Å²) in [5, 5.41) is 0. The van der Waals surface area contributed by atoms with E-state index in [-0.39, 0.29) is 0 Å². The minimum atomic E-state index is -0.545. The number of hydrogen-bond acceptors (Lipinski definition) is 5. The number of nitrogens with two attached hydrogens (primary N) is 1. The van der Waals surface area contributed by atoms with Gasteiger partial charge in [0.1, 0.15) is 17.4 Å². The van der Waals surface area contributed by atoms with Crippen LogP contribution in [0.25, 0.3) is 33.5 Å². The molecule has 0 atom stereocenters. The van der Waals surface area contributed by atoms with Crippen LogP contribution in [-0.2, 0) is 0 Å². The number of imidazole rings is 1. The molecule has 0 aliphatic carbocycles.